The van der Waals surface area contributed by atoms with Crippen molar-refractivity contribution in [2.24, 2.45) is 5.10 Å². The van der Waals surface area contributed by atoms with Crippen molar-refractivity contribution in [1.29, 1.82) is 5.41 Å². The Morgan fingerprint density at radius 2 is 2.31 bits per heavy atom. The van der Waals surface area contributed by atoms with Crippen molar-refractivity contribution in [3.63, 3.8) is 0 Å². The third-order valence-corrected chi connectivity index (χ3v) is 2.77. The second-order valence-electron chi connectivity index (χ2n) is 2.47. The Labute approximate surface area is 90.9 Å². The molecular formula is C9H10IN3. The molecule has 0 saturated carbocycles. The van der Waals surface area contributed by atoms with Gasteiger partial charge in [-0.05, 0) is 47.2 Å². The van der Waals surface area contributed by atoms with Crippen LogP contribution in [-0.4, -0.2) is 12.4 Å². The third kappa shape index (κ3) is 2.80. The van der Waals surface area contributed by atoms with Crippen molar-refractivity contribution in [2.45, 2.75) is 6.92 Å². The predicted molar refractivity (Wildman–Crippen MR) is 64.8 cm³/mol. The number of nitrogens with zero attached hydrogens (tertiary/aromatic N) is 1. The summed E-state index contributed by atoms with van der Waals surface area (Å²) in [7, 11) is 0. The van der Waals surface area contributed by atoms with Crippen molar-refractivity contribution < 1.29 is 0 Å². The molecule has 4 heteroatoms. The molecule has 0 radical (unpaired) electrons. The number of hydrogen-bond donors (Lipinski definition) is 2. The fourth-order valence-corrected chi connectivity index (χ4v) is 1.37. The topological polar surface area (TPSA) is 48.2 Å². The number of nitrogens with one attached hydrogen (secondary N) is 2. The van der Waals surface area contributed by atoms with Gasteiger partial charge >= 0.3 is 0 Å². The maximum absolute atomic E-state index is 6.75. The van der Waals surface area contributed by atoms with Crippen LogP contribution in [0.25, 0.3) is 0 Å². The van der Waals surface area contributed by atoms with Gasteiger partial charge in [-0.25, -0.2) is 0 Å². The maximum Gasteiger partial charge on any atom is 0.0648 e. The molecule has 0 atom stereocenters. The van der Waals surface area contributed by atoms with Crippen LogP contribution < -0.4 is 5.43 Å². The van der Waals surface area contributed by atoms with Gasteiger partial charge in [-0.3, -0.25) is 5.43 Å². The van der Waals surface area contributed by atoms with E-state index in [0.29, 0.717) is 0 Å². The lowest BCUT2D eigenvalue weighted by molar-refractivity contribution is 1.30. The smallest absolute Gasteiger partial charge is 0.0648 e. The first kappa shape index (κ1) is 10.2. The molecule has 0 bridgehead atoms. The molecule has 3 nitrogen and oxygen atoms in total. The summed E-state index contributed by atoms with van der Waals surface area (Å²) < 4.78 is 1.20. The van der Waals surface area contributed by atoms with Gasteiger partial charge in [0.25, 0.3) is 0 Å². The average molecular weight is 287 g/mol. The van der Waals surface area contributed by atoms with Gasteiger partial charge in [0.1, 0.15) is 0 Å². The Morgan fingerprint density at radius 3 is 3.00 bits per heavy atom. The zero-order valence-corrected chi connectivity index (χ0v) is 9.37. The Hall–Kier alpha value is -0.910. The Bertz CT molecular complexity index is 334. The highest BCUT2D eigenvalue weighted by Gasteiger charge is 1.98. The van der Waals surface area contributed by atoms with Crippen molar-refractivity contribution in [1.82, 2.24) is 0 Å². The highest BCUT2D eigenvalue weighted by atomic mass is 127. The Morgan fingerprint density at radius 1 is 1.54 bits per heavy atom. The van der Waals surface area contributed by atoms with Crippen LogP contribution in [0.3, 0.4) is 0 Å². The van der Waals surface area contributed by atoms with Gasteiger partial charge in [-0.2, -0.15) is 5.10 Å². The molecule has 0 heterocycles. The lowest BCUT2D eigenvalue weighted by Gasteiger charge is -2.05. The van der Waals surface area contributed by atoms with E-state index in [0.717, 1.165) is 11.9 Å². The van der Waals surface area contributed by atoms with Crippen LogP contribution in [0.15, 0.2) is 23.3 Å². The lowest BCUT2D eigenvalue weighted by Crippen LogP contribution is -1.93. The summed E-state index contributed by atoms with van der Waals surface area (Å²) in [5, 5.41) is 10.6. The van der Waals surface area contributed by atoms with E-state index in [1.54, 1.807) is 0 Å². The van der Waals surface area contributed by atoms with Gasteiger partial charge in [0.2, 0.25) is 0 Å². The molecule has 1 aromatic carbocycles. The van der Waals surface area contributed by atoms with E-state index in [4.69, 9.17) is 5.41 Å². The van der Waals surface area contributed by atoms with Crippen molar-refractivity contribution >= 4 is 40.7 Å². The number of anilines is 1. The van der Waals surface area contributed by atoms with Gasteiger partial charge < -0.3 is 5.41 Å². The van der Waals surface area contributed by atoms with Crippen LogP contribution in [0.2, 0.25) is 0 Å². The van der Waals surface area contributed by atoms with Gasteiger partial charge in [0, 0.05) is 9.78 Å². The van der Waals surface area contributed by atoms with Crippen molar-refractivity contribution in [2.75, 3.05) is 5.43 Å². The highest BCUT2D eigenvalue weighted by Crippen LogP contribution is 2.19. The quantitative estimate of drug-likeness (QED) is 0.501. The summed E-state index contributed by atoms with van der Waals surface area (Å²) in [4.78, 5) is 0. The standard InChI is InChI=1S/C9H10IN3/c1-7-8(10)3-2-4-9(7)13-12-6-5-11/h2-6,11,13H,1H3/b11-5?,12-6-. The molecule has 0 aliphatic carbocycles. The molecule has 0 fully saturated rings. The summed E-state index contributed by atoms with van der Waals surface area (Å²) in [5.74, 6) is 0. The summed E-state index contributed by atoms with van der Waals surface area (Å²) in [5.41, 5.74) is 5.02. The zero-order chi connectivity index (χ0) is 9.68. The lowest BCUT2D eigenvalue weighted by atomic mass is 10.2. The second kappa shape index (κ2) is 4.96. The molecular weight excluding hydrogens is 277 g/mol. The fraction of sp³-hybridized carbons (Fsp3) is 0.111. The molecule has 0 spiro atoms. The third-order valence-electron chi connectivity index (χ3n) is 1.60. The van der Waals surface area contributed by atoms with E-state index in [1.807, 2.05) is 25.1 Å². The van der Waals surface area contributed by atoms with Crippen LogP contribution in [0.5, 0.6) is 0 Å². The van der Waals surface area contributed by atoms with Crippen LogP contribution >= 0.6 is 22.6 Å². The number of halogens is 1. The highest BCUT2D eigenvalue weighted by molar-refractivity contribution is 14.1. The SMILES string of the molecule is Cc1c(I)cccc1N/N=C\C=N. The molecule has 1 rings (SSSR count). The normalized spacial score (nSPS) is 10.3. The van der Waals surface area contributed by atoms with E-state index in [9.17, 15) is 0 Å². The Balaban J connectivity index is 2.82. The summed E-state index contributed by atoms with van der Waals surface area (Å²) in [6.45, 7) is 2.03. The van der Waals surface area contributed by atoms with Gasteiger partial charge in [-0.1, -0.05) is 6.07 Å². The fourth-order valence-electron chi connectivity index (χ4n) is 0.873. The minimum Gasteiger partial charge on any atom is -0.307 e. The first-order valence-corrected chi connectivity index (χ1v) is 4.87. The zero-order valence-electron chi connectivity index (χ0n) is 7.21. The van der Waals surface area contributed by atoms with E-state index in [2.05, 4.69) is 33.1 Å². The Kier molecular flexibility index (Phi) is 3.88. The number of hydrazone groups is 1. The molecule has 0 amide bonds. The number of rotatable bonds is 3. The molecule has 0 saturated heterocycles. The van der Waals surface area contributed by atoms with Gasteiger partial charge in [0.05, 0.1) is 11.9 Å². The molecule has 2 N–H and O–H groups in total. The molecule has 0 aliphatic heterocycles. The van der Waals surface area contributed by atoms with Crippen LogP contribution in [0.4, 0.5) is 5.69 Å². The second-order valence-corrected chi connectivity index (χ2v) is 3.63. The van der Waals surface area contributed by atoms with Crippen LogP contribution in [-0.2, 0) is 0 Å². The number of benzene rings is 1. The first-order chi connectivity index (χ1) is 6.25. The summed E-state index contributed by atoms with van der Waals surface area (Å²) >= 11 is 2.27. The van der Waals surface area contributed by atoms with Gasteiger partial charge in [0.15, 0.2) is 0 Å². The van der Waals surface area contributed by atoms with E-state index in [-0.39, 0.29) is 0 Å². The molecule has 0 unspecified atom stereocenters. The average Bonchev–Trinajstić information content (AvgIpc) is 2.13. The van der Waals surface area contributed by atoms with Gasteiger partial charge in [-0.15, -0.1) is 0 Å². The van der Waals surface area contributed by atoms with Crippen molar-refractivity contribution in [3.8, 4) is 0 Å². The minimum absolute atomic E-state index is 0.977. The van der Waals surface area contributed by atoms with E-state index < -0.39 is 0 Å². The predicted octanol–water partition coefficient (Wildman–Crippen LogP) is 2.65. The monoisotopic (exact) mass is 287 g/mol. The summed E-state index contributed by atoms with van der Waals surface area (Å²) in [6.07, 6.45) is 2.54. The van der Waals surface area contributed by atoms with E-state index >= 15 is 0 Å². The molecule has 0 aliphatic rings. The molecule has 68 valence electrons. The minimum atomic E-state index is 0.977. The number of hydrogen-bond acceptors (Lipinski definition) is 3. The van der Waals surface area contributed by atoms with Crippen molar-refractivity contribution in [3.05, 3.63) is 27.3 Å². The largest absolute Gasteiger partial charge is 0.307 e. The first-order valence-electron chi connectivity index (χ1n) is 3.79. The van der Waals surface area contributed by atoms with E-state index in [1.165, 1.54) is 15.3 Å². The van der Waals surface area contributed by atoms with Crippen LogP contribution in [0.1, 0.15) is 5.56 Å². The summed E-state index contributed by atoms with van der Waals surface area (Å²) in [6, 6.07) is 5.97. The molecule has 1 aromatic rings. The molecule has 13 heavy (non-hydrogen) atoms. The maximum atomic E-state index is 6.75. The van der Waals surface area contributed by atoms with Crippen LogP contribution in [0, 0.1) is 15.9 Å². The molecule has 0 aromatic heterocycles.